The standard InChI is InChI=1S/C11H23N/c1-8(2)10(4)11-6-5-9(3)7-12-11/h8-12H,5-7H2,1-4H3. The van der Waals surface area contributed by atoms with Gasteiger partial charge in [0.15, 0.2) is 0 Å². The molecule has 1 saturated heterocycles. The third-order valence-electron chi connectivity index (χ3n) is 3.39. The average molecular weight is 169 g/mol. The van der Waals surface area contributed by atoms with Crippen molar-refractivity contribution in [3.05, 3.63) is 0 Å². The van der Waals surface area contributed by atoms with Crippen LogP contribution in [0, 0.1) is 17.8 Å². The van der Waals surface area contributed by atoms with E-state index in [-0.39, 0.29) is 0 Å². The molecule has 0 radical (unpaired) electrons. The zero-order valence-corrected chi connectivity index (χ0v) is 8.93. The SMILES string of the molecule is CC1CCC(C(C)C(C)C)NC1. The lowest BCUT2D eigenvalue weighted by Gasteiger charge is -2.34. The van der Waals surface area contributed by atoms with Crippen molar-refractivity contribution in [2.45, 2.75) is 46.6 Å². The van der Waals surface area contributed by atoms with Crippen LogP contribution in [0.1, 0.15) is 40.5 Å². The van der Waals surface area contributed by atoms with Gasteiger partial charge < -0.3 is 5.32 Å². The van der Waals surface area contributed by atoms with E-state index in [1.165, 1.54) is 19.4 Å². The topological polar surface area (TPSA) is 12.0 Å². The summed E-state index contributed by atoms with van der Waals surface area (Å²) in [6.07, 6.45) is 2.79. The van der Waals surface area contributed by atoms with Gasteiger partial charge in [0.1, 0.15) is 0 Å². The van der Waals surface area contributed by atoms with E-state index in [1.54, 1.807) is 0 Å². The molecule has 1 N–H and O–H groups in total. The summed E-state index contributed by atoms with van der Waals surface area (Å²) in [7, 11) is 0. The van der Waals surface area contributed by atoms with Crippen LogP contribution in [0.4, 0.5) is 0 Å². The van der Waals surface area contributed by atoms with Gasteiger partial charge in [-0.2, -0.15) is 0 Å². The Kier molecular flexibility index (Phi) is 3.57. The minimum Gasteiger partial charge on any atom is -0.313 e. The van der Waals surface area contributed by atoms with E-state index < -0.39 is 0 Å². The van der Waals surface area contributed by atoms with Crippen LogP contribution in [0.2, 0.25) is 0 Å². The molecule has 1 nitrogen and oxygen atoms in total. The van der Waals surface area contributed by atoms with Crippen LogP contribution in [0.5, 0.6) is 0 Å². The smallest absolute Gasteiger partial charge is 0.00953 e. The van der Waals surface area contributed by atoms with Gasteiger partial charge in [0.2, 0.25) is 0 Å². The zero-order valence-electron chi connectivity index (χ0n) is 8.93. The van der Waals surface area contributed by atoms with Crippen LogP contribution < -0.4 is 5.32 Å². The first-order valence-electron chi connectivity index (χ1n) is 5.34. The largest absolute Gasteiger partial charge is 0.313 e. The Morgan fingerprint density at radius 2 is 1.83 bits per heavy atom. The lowest BCUT2D eigenvalue weighted by molar-refractivity contribution is 0.226. The van der Waals surface area contributed by atoms with Gasteiger partial charge in [-0.25, -0.2) is 0 Å². The number of nitrogens with one attached hydrogen (secondary N) is 1. The molecule has 3 atom stereocenters. The molecule has 72 valence electrons. The molecular formula is C11H23N. The summed E-state index contributed by atoms with van der Waals surface area (Å²) in [5.74, 6) is 2.54. The molecule has 0 amide bonds. The Morgan fingerprint density at radius 1 is 1.17 bits per heavy atom. The Morgan fingerprint density at radius 3 is 2.25 bits per heavy atom. The van der Waals surface area contributed by atoms with Crippen LogP contribution in [-0.2, 0) is 0 Å². The Bertz CT molecular complexity index is 123. The summed E-state index contributed by atoms with van der Waals surface area (Å²) in [5, 5.41) is 3.65. The van der Waals surface area contributed by atoms with Gasteiger partial charge in [-0.1, -0.05) is 27.7 Å². The van der Waals surface area contributed by atoms with Gasteiger partial charge in [-0.05, 0) is 37.1 Å². The monoisotopic (exact) mass is 169 g/mol. The van der Waals surface area contributed by atoms with Crippen LogP contribution in [0.25, 0.3) is 0 Å². The molecule has 0 aromatic carbocycles. The Balaban J connectivity index is 2.34. The first kappa shape index (κ1) is 10.0. The van der Waals surface area contributed by atoms with Crippen molar-refractivity contribution in [2.24, 2.45) is 17.8 Å². The third-order valence-corrected chi connectivity index (χ3v) is 3.39. The minimum atomic E-state index is 0.779. The van der Waals surface area contributed by atoms with Gasteiger partial charge in [0.05, 0.1) is 0 Å². The summed E-state index contributed by atoms with van der Waals surface area (Å²) in [6, 6.07) is 0.779. The maximum atomic E-state index is 3.65. The number of hydrogen-bond donors (Lipinski definition) is 1. The highest BCUT2D eigenvalue weighted by Gasteiger charge is 2.23. The van der Waals surface area contributed by atoms with Crippen LogP contribution in [0.15, 0.2) is 0 Å². The molecule has 0 bridgehead atoms. The molecule has 0 saturated carbocycles. The molecular weight excluding hydrogens is 146 g/mol. The van der Waals surface area contributed by atoms with Gasteiger partial charge in [0.25, 0.3) is 0 Å². The van der Waals surface area contributed by atoms with Gasteiger partial charge in [-0.3, -0.25) is 0 Å². The molecule has 12 heavy (non-hydrogen) atoms. The van der Waals surface area contributed by atoms with E-state index in [4.69, 9.17) is 0 Å². The Hall–Kier alpha value is -0.0400. The fourth-order valence-corrected chi connectivity index (χ4v) is 1.93. The highest BCUT2D eigenvalue weighted by atomic mass is 14.9. The quantitative estimate of drug-likeness (QED) is 0.670. The molecule has 0 spiro atoms. The first-order chi connectivity index (χ1) is 5.61. The molecule has 0 aliphatic carbocycles. The molecule has 3 unspecified atom stereocenters. The summed E-state index contributed by atoms with van der Waals surface area (Å²) in [6.45, 7) is 10.6. The molecule has 1 heteroatoms. The van der Waals surface area contributed by atoms with Gasteiger partial charge >= 0.3 is 0 Å². The van der Waals surface area contributed by atoms with Crippen molar-refractivity contribution in [1.29, 1.82) is 0 Å². The molecule has 1 aliphatic rings. The second-order valence-corrected chi connectivity index (χ2v) is 4.80. The summed E-state index contributed by atoms with van der Waals surface area (Å²) < 4.78 is 0. The lowest BCUT2D eigenvalue weighted by Crippen LogP contribution is -2.43. The molecule has 1 aliphatic heterocycles. The second-order valence-electron chi connectivity index (χ2n) is 4.80. The van der Waals surface area contributed by atoms with E-state index in [9.17, 15) is 0 Å². The Labute approximate surface area is 76.9 Å². The molecule has 1 heterocycles. The summed E-state index contributed by atoms with van der Waals surface area (Å²) >= 11 is 0. The van der Waals surface area contributed by atoms with Crippen LogP contribution in [-0.4, -0.2) is 12.6 Å². The zero-order chi connectivity index (χ0) is 9.14. The number of hydrogen-bond acceptors (Lipinski definition) is 1. The predicted molar refractivity (Wildman–Crippen MR) is 54.2 cm³/mol. The molecule has 1 rings (SSSR count). The number of piperidine rings is 1. The maximum Gasteiger partial charge on any atom is 0.00953 e. The van der Waals surface area contributed by atoms with Crippen molar-refractivity contribution >= 4 is 0 Å². The van der Waals surface area contributed by atoms with E-state index >= 15 is 0 Å². The second kappa shape index (κ2) is 4.27. The van der Waals surface area contributed by atoms with Crippen LogP contribution >= 0.6 is 0 Å². The van der Waals surface area contributed by atoms with Crippen LogP contribution in [0.3, 0.4) is 0 Å². The lowest BCUT2D eigenvalue weighted by atomic mass is 9.83. The van der Waals surface area contributed by atoms with E-state index in [1.807, 2.05) is 0 Å². The highest BCUT2D eigenvalue weighted by molar-refractivity contribution is 4.81. The maximum absolute atomic E-state index is 3.65. The van der Waals surface area contributed by atoms with Crippen molar-refractivity contribution in [1.82, 2.24) is 5.32 Å². The van der Waals surface area contributed by atoms with Crippen molar-refractivity contribution in [3.63, 3.8) is 0 Å². The molecule has 0 aromatic rings. The van der Waals surface area contributed by atoms with Crippen molar-refractivity contribution in [2.75, 3.05) is 6.54 Å². The normalized spacial score (nSPS) is 33.8. The minimum absolute atomic E-state index is 0.779. The summed E-state index contributed by atoms with van der Waals surface area (Å²) in [5.41, 5.74) is 0. The average Bonchev–Trinajstić information content (AvgIpc) is 2.04. The van der Waals surface area contributed by atoms with E-state index in [0.29, 0.717) is 0 Å². The highest BCUT2D eigenvalue weighted by Crippen LogP contribution is 2.23. The molecule has 1 fully saturated rings. The predicted octanol–water partition coefficient (Wildman–Crippen LogP) is 2.67. The molecule has 0 aromatic heterocycles. The fraction of sp³-hybridized carbons (Fsp3) is 1.00. The van der Waals surface area contributed by atoms with Crippen molar-refractivity contribution < 1.29 is 0 Å². The van der Waals surface area contributed by atoms with E-state index in [0.717, 1.165) is 23.8 Å². The number of rotatable bonds is 2. The van der Waals surface area contributed by atoms with Gasteiger partial charge in [0, 0.05) is 6.04 Å². The summed E-state index contributed by atoms with van der Waals surface area (Å²) in [4.78, 5) is 0. The first-order valence-corrected chi connectivity index (χ1v) is 5.34. The third kappa shape index (κ3) is 2.48. The van der Waals surface area contributed by atoms with E-state index in [2.05, 4.69) is 33.0 Å². The fourth-order valence-electron chi connectivity index (χ4n) is 1.93. The van der Waals surface area contributed by atoms with Gasteiger partial charge in [-0.15, -0.1) is 0 Å². The van der Waals surface area contributed by atoms with Crippen molar-refractivity contribution in [3.8, 4) is 0 Å².